The lowest BCUT2D eigenvalue weighted by Crippen LogP contribution is -2.31. The summed E-state index contributed by atoms with van der Waals surface area (Å²) in [7, 11) is 3.37. The van der Waals surface area contributed by atoms with E-state index in [2.05, 4.69) is 41.5 Å². The molecule has 2 aromatic carbocycles. The highest BCUT2D eigenvalue weighted by molar-refractivity contribution is 7.99. The highest BCUT2D eigenvalue weighted by Gasteiger charge is 2.19. The minimum Gasteiger partial charge on any atom is -0.483 e. The van der Waals surface area contributed by atoms with Crippen LogP contribution in [0, 0.1) is 0 Å². The molecule has 0 saturated heterocycles. The van der Waals surface area contributed by atoms with Crippen LogP contribution in [0.5, 0.6) is 5.75 Å². The number of aromatic nitrogens is 3. The molecule has 1 unspecified atom stereocenters. The number of benzene rings is 2. The van der Waals surface area contributed by atoms with Gasteiger partial charge in [0.2, 0.25) is 5.91 Å². The van der Waals surface area contributed by atoms with Crippen LogP contribution in [0.3, 0.4) is 0 Å². The van der Waals surface area contributed by atoms with Crippen LogP contribution in [-0.4, -0.2) is 57.9 Å². The van der Waals surface area contributed by atoms with Crippen molar-refractivity contribution in [2.45, 2.75) is 44.3 Å². The van der Waals surface area contributed by atoms with E-state index in [9.17, 15) is 9.59 Å². The van der Waals surface area contributed by atoms with Crippen molar-refractivity contribution in [1.82, 2.24) is 25.0 Å². The van der Waals surface area contributed by atoms with Crippen LogP contribution in [0.15, 0.2) is 60.0 Å². The van der Waals surface area contributed by atoms with Crippen molar-refractivity contribution in [1.29, 1.82) is 0 Å². The van der Waals surface area contributed by atoms with E-state index in [1.807, 2.05) is 47.9 Å². The summed E-state index contributed by atoms with van der Waals surface area (Å²) < 4.78 is 7.64. The number of carbonyl (C=O) groups excluding carboxylic acids is 2. The van der Waals surface area contributed by atoms with Crippen molar-refractivity contribution in [3.63, 3.8) is 0 Å². The molecule has 35 heavy (non-hydrogen) atoms. The molecule has 0 radical (unpaired) electrons. The van der Waals surface area contributed by atoms with Gasteiger partial charge in [0.25, 0.3) is 5.91 Å². The third kappa shape index (κ3) is 7.08. The van der Waals surface area contributed by atoms with Gasteiger partial charge in [-0.05, 0) is 36.1 Å². The Kier molecular flexibility index (Phi) is 9.31. The average molecular weight is 496 g/mol. The fourth-order valence-corrected chi connectivity index (χ4v) is 4.19. The molecule has 8 nitrogen and oxygen atoms in total. The molecule has 1 atom stereocenters. The fraction of sp³-hybridized carbons (Fsp3) is 0.385. The first-order valence-electron chi connectivity index (χ1n) is 11.6. The predicted octanol–water partition coefficient (Wildman–Crippen LogP) is 4.22. The molecule has 0 aliphatic heterocycles. The molecule has 0 aliphatic carbocycles. The normalized spacial score (nSPS) is 11.8. The van der Waals surface area contributed by atoms with Crippen molar-refractivity contribution in [3.8, 4) is 11.4 Å². The summed E-state index contributed by atoms with van der Waals surface area (Å²) in [6.07, 6.45) is 2.33. The summed E-state index contributed by atoms with van der Waals surface area (Å²) in [5.41, 5.74) is 3.05. The zero-order valence-corrected chi connectivity index (χ0v) is 21.7. The number of para-hydroxylation sites is 1. The summed E-state index contributed by atoms with van der Waals surface area (Å²) in [6.45, 7) is 6.26. The number of likely N-dealkylation sites (N-methyl/N-ethyl adjacent to an activating group) is 1. The van der Waals surface area contributed by atoms with E-state index >= 15 is 0 Å². The van der Waals surface area contributed by atoms with E-state index in [0.29, 0.717) is 23.2 Å². The molecule has 1 aromatic heterocycles. The minimum atomic E-state index is -0.241. The Morgan fingerprint density at radius 2 is 1.83 bits per heavy atom. The van der Waals surface area contributed by atoms with Gasteiger partial charge in [0.15, 0.2) is 11.8 Å². The molecule has 3 rings (SSSR count). The van der Waals surface area contributed by atoms with Crippen molar-refractivity contribution < 1.29 is 14.3 Å². The van der Waals surface area contributed by atoms with Crippen LogP contribution in [0.2, 0.25) is 0 Å². The number of hydrogen-bond acceptors (Lipinski definition) is 6. The largest absolute Gasteiger partial charge is 0.483 e. The summed E-state index contributed by atoms with van der Waals surface area (Å²) in [5.74, 6) is 0.994. The lowest BCUT2D eigenvalue weighted by Gasteiger charge is -2.21. The zero-order chi connectivity index (χ0) is 25.4. The Labute approximate surface area is 211 Å². The topological polar surface area (TPSA) is 89.4 Å². The van der Waals surface area contributed by atoms with E-state index in [1.165, 1.54) is 22.2 Å². The lowest BCUT2D eigenvalue weighted by molar-refractivity contribution is -0.130. The van der Waals surface area contributed by atoms with E-state index < -0.39 is 0 Å². The van der Waals surface area contributed by atoms with Gasteiger partial charge in [0.1, 0.15) is 12.1 Å². The maximum absolute atomic E-state index is 12.8. The second kappa shape index (κ2) is 12.4. The molecule has 186 valence electrons. The first-order chi connectivity index (χ1) is 16.8. The molecule has 0 aliphatic rings. The quantitative estimate of drug-likeness (QED) is 0.401. The zero-order valence-electron chi connectivity index (χ0n) is 20.9. The van der Waals surface area contributed by atoms with Gasteiger partial charge in [-0.1, -0.05) is 62.9 Å². The summed E-state index contributed by atoms with van der Waals surface area (Å²) >= 11 is 1.33. The molecular formula is C26H33N5O3S. The Balaban J connectivity index is 1.63. The summed E-state index contributed by atoms with van der Waals surface area (Å²) in [5, 5.41) is 12.0. The van der Waals surface area contributed by atoms with Gasteiger partial charge >= 0.3 is 0 Å². The standard InChI is InChI=1S/C26H33N5O3S/c1-6-22(21-9-7-8-10-23(21)34-15-25(33)30(4)5)28-24(32)16-35-26-29-27-17-31(26)20-13-11-19(12-14-20)18(2)3/h7-14,17-18,22H,6,15-16H2,1-5H3,(H,28,32). The number of carbonyl (C=O) groups is 2. The van der Waals surface area contributed by atoms with E-state index in [4.69, 9.17) is 4.74 Å². The highest BCUT2D eigenvalue weighted by atomic mass is 32.2. The first kappa shape index (κ1) is 26.3. The number of thioether (sulfide) groups is 1. The van der Waals surface area contributed by atoms with Crippen LogP contribution in [0.25, 0.3) is 5.69 Å². The van der Waals surface area contributed by atoms with Gasteiger partial charge in [-0.3, -0.25) is 14.2 Å². The van der Waals surface area contributed by atoms with Crippen LogP contribution in [-0.2, 0) is 9.59 Å². The van der Waals surface area contributed by atoms with Crippen LogP contribution in [0.1, 0.15) is 50.3 Å². The number of rotatable bonds is 11. The van der Waals surface area contributed by atoms with E-state index in [-0.39, 0.29) is 30.2 Å². The number of ether oxygens (including phenoxy) is 1. The molecule has 0 spiro atoms. The second-order valence-electron chi connectivity index (χ2n) is 8.66. The van der Waals surface area contributed by atoms with Crippen LogP contribution in [0.4, 0.5) is 0 Å². The Bertz CT molecular complexity index is 1130. The molecule has 0 bridgehead atoms. The summed E-state index contributed by atoms with van der Waals surface area (Å²) in [6, 6.07) is 15.5. The fourth-order valence-electron chi connectivity index (χ4n) is 3.45. The molecular weight excluding hydrogens is 462 g/mol. The molecule has 0 fully saturated rings. The Morgan fingerprint density at radius 1 is 1.11 bits per heavy atom. The minimum absolute atomic E-state index is 0.0575. The average Bonchev–Trinajstić information content (AvgIpc) is 3.33. The van der Waals surface area contributed by atoms with E-state index in [0.717, 1.165) is 11.3 Å². The summed E-state index contributed by atoms with van der Waals surface area (Å²) in [4.78, 5) is 26.2. The number of hydrogen-bond donors (Lipinski definition) is 1. The second-order valence-corrected chi connectivity index (χ2v) is 9.60. The molecule has 3 aromatic rings. The highest BCUT2D eigenvalue weighted by Crippen LogP contribution is 2.28. The lowest BCUT2D eigenvalue weighted by atomic mass is 10.0. The van der Waals surface area contributed by atoms with Gasteiger partial charge in [-0.25, -0.2) is 0 Å². The number of nitrogens with zero attached hydrogens (tertiary/aromatic N) is 4. The van der Waals surface area contributed by atoms with Crippen molar-refractivity contribution in [2.24, 2.45) is 0 Å². The SMILES string of the molecule is CCC(NC(=O)CSc1nncn1-c1ccc(C(C)C)cc1)c1ccccc1OCC(=O)N(C)C. The third-order valence-corrected chi connectivity index (χ3v) is 6.52. The van der Waals surface area contributed by atoms with Crippen molar-refractivity contribution in [3.05, 3.63) is 66.0 Å². The Hall–Kier alpha value is -3.33. The van der Waals surface area contributed by atoms with Crippen molar-refractivity contribution >= 4 is 23.6 Å². The van der Waals surface area contributed by atoms with Crippen LogP contribution < -0.4 is 10.1 Å². The smallest absolute Gasteiger partial charge is 0.259 e. The van der Waals surface area contributed by atoms with Crippen molar-refractivity contribution in [2.75, 3.05) is 26.5 Å². The first-order valence-corrected chi connectivity index (χ1v) is 12.6. The maximum atomic E-state index is 12.8. The van der Waals surface area contributed by atoms with E-state index in [1.54, 1.807) is 20.4 Å². The molecule has 1 N–H and O–H groups in total. The van der Waals surface area contributed by atoms with Gasteiger partial charge < -0.3 is 15.0 Å². The van der Waals surface area contributed by atoms with Gasteiger partial charge in [-0.15, -0.1) is 10.2 Å². The van der Waals surface area contributed by atoms with Gasteiger partial charge in [0.05, 0.1) is 11.8 Å². The van der Waals surface area contributed by atoms with Gasteiger partial charge in [-0.2, -0.15) is 0 Å². The molecule has 9 heteroatoms. The molecule has 1 heterocycles. The van der Waals surface area contributed by atoms with Gasteiger partial charge in [0, 0.05) is 25.3 Å². The molecule has 0 saturated carbocycles. The third-order valence-electron chi connectivity index (χ3n) is 5.57. The number of nitrogens with one attached hydrogen (secondary N) is 1. The monoisotopic (exact) mass is 495 g/mol. The number of amides is 2. The molecule has 2 amide bonds. The van der Waals surface area contributed by atoms with Crippen LogP contribution >= 0.6 is 11.8 Å². The maximum Gasteiger partial charge on any atom is 0.259 e. The Morgan fingerprint density at radius 3 is 2.49 bits per heavy atom. The predicted molar refractivity (Wildman–Crippen MR) is 138 cm³/mol.